The van der Waals surface area contributed by atoms with E-state index < -0.39 is 0 Å². The molecule has 1 aliphatic rings. The molecule has 4 rings (SSSR count). The smallest absolute Gasteiger partial charge is 0.115 e. The van der Waals surface area contributed by atoms with Gasteiger partial charge in [-0.25, -0.2) is 4.98 Å². The molecule has 0 unspecified atom stereocenters. The molecule has 1 aromatic heterocycles. The lowest BCUT2D eigenvalue weighted by Gasteiger charge is -2.31. The van der Waals surface area contributed by atoms with Gasteiger partial charge in [0.15, 0.2) is 0 Å². The molecule has 97 valence electrons. The minimum absolute atomic E-state index is 0.924. The van der Waals surface area contributed by atoms with Gasteiger partial charge in [-0.3, -0.25) is 0 Å². The largest absolute Gasteiger partial charge is 0.382 e. The van der Waals surface area contributed by atoms with Gasteiger partial charge in [0.25, 0.3) is 0 Å². The van der Waals surface area contributed by atoms with E-state index in [2.05, 4.69) is 57.8 Å². The molecule has 20 heavy (non-hydrogen) atoms. The summed E-state index contributed by atoms with van der Waals surface area (Å²) in [6, 6.07) is 18.7. The monoisotopic (exact) mass is 260 g/mol. The van der Waals surface area contributed by atoms with Crippen LogP contribution in [0.4, 0.5) is 17.1 Å². The Kier molecular flexibility index (Phi) is 2.56. The summed E-state index contributed by atoms with van der Waals surface area (Å²) in [5, 5.41) is 4.57. The fourth-order valence-corrected chi connectivity index (χ4v) is 2.68. The number of benzene rings is 2. The third kappa shape index (κ3) is 1.79. The van der Waals surface area contributed by atoms with Gasteiger partial charge < -0.3 is 10.2 Å². The maximum atomic E-state index is 4.44. The Morgan fingerprint density at radius 3 is 2.90 bits per heavy atom. The van der Waals surface area contributed by atoms with Gasteiger partial charge in [0.1, 0.15) is 6.20 Å². The molecule has 0 saturated carbocycles. The lowest BCUT2D eigenvalue weighted by Crippen LogP contribution is -2.30. The van der Waals surface area contributed by atoms with E-state index >= 15 is 0 Å². The number of anilines is 3. The fraction of sp³-hybridized carbons (Fsp3) is 0.118. The second-order valence-electron chi connectivity index (χ2n) is 4.91. The highest BCUT2D eigenvalue weighted by Crippen LogP contribution is 2.34. The number of hydrogen-bond donors (Lipinski definition) is 1. The predicted octanol–water partition coefficient (Wildman–Crippen LogP) is 3.60. The van der Waals surface area contributed by atoms with Crippen LogP contribution in [0.15, 0.2) is 54.6 Å². The van der Waals surface area contributed by atoms with Gasteiger partial charge in [-0.05, 0) is 24.3 Å². The molecule has 0 amide bonds. The molecule has 0 saturated heterocycles. The first-order valence-electron chi connectivity index (χ1n) is 6.80. The molecule has 1 N–H and O–H groups in total. The number of fused-ring (bicyclic) bond motifs is 2. The van der Waals surface area contributed by atoms with E-state index in [0.717, 1.165) is 29.7 Å². The van der Waals surface area contributed by atoms with Crippen molar-refractivity contribution in [2.24, 2.45) is 0 Å². The van der Waals surface area contributed by atoms with Crippen LogP contribution in [-0.2, 0) is 0 Å². The normalized spacial score (nSPS) is 13.9. The van der Waals surface area contributed by atoms with Crippen molar-refractivity contribution >= 4 is 28.0 Å². The topological polar surface area (TPSA) is 28.2 Å². The zero-order valence-electron chi connectivity index (χ0n) is 11.0. The van der Waals surface area contributed by atoms with E-state index in [-0.39, 0.29) is 0 Å². The van der Waals surface area contributed by atoms with Gasteiger partial charge >= 0.3 is 0 Å². The lowest BCUT2D eigenvalue weighted by molar-refractivity contribution is 0.924. The minimum Gasteiger partial charge on any atom is -0.382 e. The van der Waals surface area contributed by atoms with Crippen LogP contribution >= 0.6 is 0 Å². The second kappa shape index (κ2) is 4.53. The molecule has 0 bridgehead atoms. The molecule has 0 aliphatic carbocycles. The van der Waals surface area contributed by atoms with Crippen molar-refractivity contribution in [3.63, 3.8) is 0 Å². The first-order valence-corrected chi connectivity index (χ1v) is 6.80. The summed E-state index contributed by atoms with van der Waals surface area (Å²) >= 11 is 0. The number of hydrogen-bond acceptors (Lipinski definition) is 3. The number of nitrogens with one attached hydrogen (secondary N) is 1. The van der Waals surface area contributed by atoms with Crippen LogP contribution in [0.5, 0.6) is 0 Å². The summed E-state index contributed by atoms with van der Waals surface area (Å²) in [5.74, 6) is 0. The predicted molar refractivity (Wildman–Crippen MR) is 82.5 cm³/mol. The van der Waals surface area contributed by atoms with Crippen molar-refractivity contribution in [3.8, 4) is 0 Å². The van der Waals surface area contributed by atoms with E-state index in [1.807, 2.05) is 18.2 Å². The van der Waals surface area contributed by atoms with Crippen molar-refractivity contribution in [2.75, 3.05) is 23.3 Å². The summed E-state index contributed by atoms with van der Waals surface area (Å²) in [6.07, 6.45) is 3.17. The molecule has 0 atom stereocenters. The van der Waals surface area contributed by atoms with E-state index in [1.54, 1.807) is 0 Å². The van der Waals surface area contributed by atoms with Crippen molar-refractivity contribution in [1.29, 1.82) is 0 Å². The van der Waals surface area contributed by atoms with E-state index in [0.29, 0.717) is 0 Å². The zero-order chi connectivity index (χ0) is 13.4. The number of rotatable bonds is 1. The van der Waals surface area contributed by atoms with E-state index in [9.17, 15) is 0 Å². The third-order valence-corrected chi connectivity index (χ3v) is 3.66. The Balaban J connectivity index is 1.84. The Bertz CT molecular complexity index is 767. The van der Waals surface area contributed by atoms with Crippen LogP contribution in [0.2, 0.25) is 0 Å². The Morgan fingerprint density at radius 1 is 1.05 bits per heavy atom. The molecular weight excluding hydrogens is 246 g/mol. The molecule has 1 radical (unpaired) electrons. The van der Waals surface area contributed by atoms with Gasteiger partial charge in [-0.2, -0.15) is 0 Å². The van der Waals surface area contributed by atoms with Crippen molar-refractivity contribution in [1.82, 2.24) is 4.98 Å². The van der Waals surface area contributed by atoms with Crippen molar-refractivity contribution < 1.29 is 0 Å². The fourth-order valence-electron chi connectivity index (χ4n) is 2.68. The van der Waals surface area contributed by atoms with Crippen LogP contribution in [0.1, 0.15) is 0 Å². The molecule has 0 spiro atoms. The van der Waals surface area contributed by atoms with Crippen LogP contribution in [0.25, 0.3) is 10.9 Å². The van der Waals surface area contributed by atoms with Crippen LogP contribution in [0.3, 0.4) is 0 Å². The lowest BCUT2D eigenvalue weighted by atomic mass is 10.1. The standard InChI is InChI=1S/C17H14N3/c1-2-6-15-13(5-1)11-14(12-19-15)20-10-9-18-16-7-3-4-8-17(16)20/h1-8,11,18H,9-10H2. The first-order chi connectivity index (χ1) is 9.92. The van der Waals surface area contributed by atoms with Gasteiger partial charge in [0.2, 0.25) is 0 Å². The van der Waals surface area contributed by atoms with Crippen LogP contribution in [0, 0.1) is 6.20 Å². The minimum atomic E-state index is 0.924. The van der Waals surface area contributed by atoms with Crippen LogP contribution < -0.4 is 10.2 Å². The molecule has 2 heterocycles. The van der Waals surface area contributed by atoms with Gasteiger partial charge in [-0.15, -0.1) is 0 Å². The molecule has 3 aromatic rings. The second-order valence-corrected chi connectivity index (χ2v) is 4.91. The quantitative estimate of drug-likeness (QED) is 0.724. The SMILES string of the molecule is [c]1nc2ccccc2cc1N1CCNc2ccccc21. The Hall–Kier alpha value is -2.55. The summed E-state index contributed by atoms with van der Waals surface area (Å²) in [4.78, 5) is 6.71. The number of para-hydroxylation sites is 3. The van der Waals surface area contributed by atoms with Gasteiger partial charge in [0.05, 0.1) is 22.6 Å². The summed E-state index contributed by atoms with van der Waals surface area (Å²) in [6.45, 7) is 1.85. The van der Waals surface area contributed by atoms with E-state index in [4.69, 9.17) is 0 Å². The van der Waals surface area contributed by atoms with Crippen LogP contribution in [-0.4, -0.2) is 18.1 Å². The highest BCUT2D eigenvalue weighted by Gasteiger charge is 2.17. The highest BCUT2D eigenvalue weighted by molar-refractivity contribution is 5.85. The summed E-state index contributed by atoms with van der Waals surface area (Å²) in [5.41, 5.74) is 4.37. The maximum Gasteiger partial charge on any atom is 0.115 e. The van der Waals surface area contributed by atoms with E-state index in [1.165, 1.54) is 11.4 Å². The molecule has 0 fully saturated rings. The first kappa shape index (κ1) is 11.3. The average Bonchev–Trinajstić information content (AvgIpc) is 2.54. The molecule has 3 heteroatoms. The number of pyridine rings is 1. The molecule has 3 nitrogen and oxygen atoms in total. The number of nitrogens with zero attached hydrogens (tertiary/aromatic N) is 2. The average molecular weight is 260 g/mol. The summed E-state index contributed by atoms with van der Waals surface area (Å²) in [7, 11) is 0. The zero-order valence-corrected chi connectivity index (χ0v) is 11.0. The van der Waals surface area contributed by atoms with Crippen molar-refractivity contribution in [2.45, 2.75) is 0 Å². The highest BCUT2D eigenvalue weighted by atomic mass is 15.2. The third-order valence-electron chi connectivity index (χ3n) is 3.66. The Morgan fingerprint density at radius 2 is 1.90 bits per heavy atom. The molecule has 1 aliphatic heterocycles. The maximum absolute atomic E-state index is 4.44. The van der Waals surface area contributed by atoms with Gasteiger partial charge in [-0.1, -0.05) is 30.3 Å². The number of aromatic nitrogens is 1. The molecule has 2 aromatic carbocycles. The summed E-state index contributed by atoms with van der Waals surface area (Å²) < 4.78 is 0. The van der Waals surface area contributed by atoms with Gasteiger partial charge in [0, 0.05) is 18.5 Å². The van der Waals surface area contributed by atoms with Crippen molar-refractivity contribution in [3.05, 3.63) is 60.8 Å². The Labute approximate surface area is 117 Å². The molecular formula is C17H14N3.